The van der Waals surface area contributed by atoms with E-state index in [1.165, 1.54) is 77.0 Å². The minimum absolute atomic E-state index is 0.0764. The lowest BCUT2D eigenvalue weighted by molar-refractivity contribution is -0.153. The molecular formula is C45H81NO. The van der Waals surface area contributed by atoms with E-state index >= 15 is 4.79 Å². The predicted molar refractivity (Wildman–Crippen MR) is 202 cm³/mol. The normalized spacial score (nSPS) is 47.3. The summed E-state index contributed by atoms with van der Waals surface area (Å²) in [7, 11) is 0. The van der Waals surface area contributed by atoms with Crippen molar-refractivity contribution in [1.82, 2.24) is 5.32 Å². The number of ketones is 1. The number of piperidine rings is 1. The van der Waals surface area contributed by atoms with Gasteiger partial charge < -0.3 is 5.32 Å². The number of hydrogen-bond acceptors (Lipinski definition) is 2. The molecule has 12 atom stereocenters. The van der Waals surface area contributed by atoms with Crippen molar-refractivity contribution >= 4 is 5.78 Å². The second kappa shape index (κ2) is 15.1. The van der Waals surface area contributed by atoms with Gasteiger partial charge in [-0.2, -0.15) is 0 Å². The van der Waals surface area contributed by atoms with Crippen molar-refractivity contribution in [2.75, 3.05) is 0 Å². The summed E-state index contributed by atoms with van der Waals surface area (Å²) in [6.07, 6.45) is 17.8. The summed E-state index contributed by atoms with van der Waals surface area (Å²) < 4.78 is 0. The van der Waals surface area contributed by atoms with Crippen LogP contribution in [0.5, 0.6) is 0 Å². The number of carbonyl (C=O) groups is 1. The van der Waals surface area contributed by atoms with Gasteiger partial charge in [-0.25, -0.2) is 0 Å². The number of Topliss-reactive ketones (excluding diaryl/α,β-unsaturated/α-hetero) is 1. The smallest absolute Gasteiger partial charge is 0.136 e. The highest BCUT2D eigenvalue weighted by Crippen LogP contribution is 2.61. The fraction of sp³-hybridized carbons (Fsp3) is 0.978. The second-order valence-corrected chi connectivity index (χ2v) is 20.8. The zero-order chi connectivity index (χ0) is 34.4. The molecule has 0 aromatic carbocycles. The molecule has 47 heavy (non-hydrogen) atoms. The van der Waals surface area contributed by atoms with E-state index in [0.717, 1.165) is 36.5 Å². The van der Waals surface area contributed by atoms with Gasteiger partial charge in [0.15, 0.2) is 0 Å². The Morgan fingerprint density at radius 3 is 0.894 bits per heavy atom. The zero-order valence-corrected chi connectivity index (χ0v) is 33.5. The molecule has 0 aromatic rings. The number of carbonyl (C=O) groups excluding carboxylic acids is 1. The largest absolute Gasteiger partial charge is 0.304 e. The molecule has 272 valence electrons. The van der Waals surface area contributed by atoms with Crippen LogP contribution in [0.25, 0.3) is 0 Å². The van der Waals surface area contributed by atoms with E-state index in [1.54, 1.807) is 0 Å². The molecule has 5 aliphatic rings. The quantitative estimate of drug-likeness (QED) is 0.283. The Labute approximate surface area is 293 Å². The molecule has 4 saturated carbocycles. The van der Waals surface area contributed by atoms with Crippen LogP contribution in [-0.2, 0) is 4.79 Å². The van der Waals surface area contributed by atoms with E-state index in [1.807, 2.05) is 0 Å². The van der Waals surface area contributed by atoms with Crippen molar-refractivity contribution in [2.24, 2.45) is 94.7 Å². The molecule has 1 heterocycles. The summed E-state index contributed by atoms with van der Waals surface area (Å²) in [6, 6.07) is 0. The Balaban J connectivity index is 1.78. The van der Waals surface area contributed by atoms with E-state index in [9.17, 15) is 0 Å². The molecule has 0 spiro atoms. The van der Waals surface area contributed by atoms with Crippen LogP contribution in [0, 0.1) is 94.7 Å². The molecule has 0 bridgehead atoms. The summed E-state index contributed by atoms with van der Waals surface area (Å²) in [5.41, 5.74) is -0.153. The molecule has 12 unspecified atom stereocenters. The molecule has 0 radical (unpaired) electrons. The highest BCUT2D eigenvalue weighted by molar-refractivity contribution is 5.82. The Bertz CT molecular complexity index is 883. The van der Waals surface area contributed by atoms with Gasteiger partial charge in [0.05, 0.1) is 0 Å². The number of hydrogen-bond donors (Lipinski definition) is 1. The van der Waals surface area contributed by atoms with E-state index in [4.69, 9.17) is 5.32 Å². The molecule has 2 heteroatoms. The van der Waals surface area contributed by atoms with E-state index < -0.39 is 0 Å². The van der Waals surface area contributed by atoms with E-state index in [-0.39, 0.29) is 11.1 Å². The summed E-state index contributed by atoms with van der Waals surface area (Å²) in [6.45, 7) is 30.4. The maximum atomic E-state index is 15.3. The Morgan fingerprint density at radius 2 is 0.681 bits per heavy atom. The van der Waals surface area contributed by atoms with Crippen LogP contribution in [0.15, 0.2) is 0 Å². The van der Waals surface area contributed by atoms with Crippen molar-refractivity contribution in [1.29, 1.82) is 0 Å². The van der Waals surface area contributed by atoms with Crippen molar-refractivity contribution in [3.05, 3.63) is 0 Å². The molecule has 4 aliphatic carbocycles. The van der Waals surface area contributed by atoms with Crippen molar-refractivity contribution in [3.63, 3.8) is 0 Å². The zero-order valence-electron chi connectivity index (χ0n) is 33.5. The van der Waals surface area contributed by atoms with Crippen molar-refractivity contribution in [2.45, 2.75) is 184 Å². The first kappa shape index (κ1) is 37.9. The van der Waals surface area contributed by atoms with Gasteiger partial charge in [0.1, 0.15) is 5.78 Å². The summed E-state index contributed by atoms with van der Waals surface area (Å²) in [5, 5.41) is 5.09. The lowest BCUT2D eigenvalue weighted by Crippen LogP contribution is -2.77. The van der Waals surface area contributed by atoms with Gasteiger partial charge in [0, 0.05) is 23.9 Å². The van der Waals surface area contributed by atoms with Gasteiger partial charge in [0.2, 0.25) is 0 Å². The van der Waals surface area contributed by atoms with Gasteiger partial charge in [-0.15, -0.1) is 0 Å². The van der Waals surface area contributed by atoms with Crippen LogP contribution in [0.4, 0.5) is 0 Å². The molecule has 1 aliphatic heterocycles. The van der Waals surface area contributed by atoms with Gasteiger partial charge in [-0.05, 0) is 146 Å². The summed E-state index contributed by atoms with van der Waals surface area (Å²) in [4.78, 5) is 15.3. The molecular weight excluding hydrogens is 571 g/mol. The maximum absolute atomic E-state index is 15.3. The average molecular weight is 652 g/mol. The van der Waals surface area contributed by atoms with Gasteiger partial charge in [-0.1, -0.05) is 109 Å². The third-order valence-corrected chi connectivity index (χ3v) is 16.2. The van der Waals surface area contributed by atoms with Crippen LogP contribution in [0.3, 0.4) is 0 Å². The van der Waals surface area contributed by atoms with Crippen LogP contribution >= 0.6 is 0 Å². The third kappa shape index (κ3) is 7.50. The topological polar surface area (TPSA) is 29.1 Å². The lowest BCUT2D eigenvalue weighted by atomic mass is 9.46. The van der Waals surface area contributed by atoms with Crippen LogP contribution in [0.1, 0.15) is 173 Å². The predicted octanol–water partition coefficient (Wildman–Crippen LogP) is 12.3. The molecule has 5 rings (SSSR count). The number of rotatable bonds is 8. The van der Waals surface area contributed by atoms with Crippen LogP contribution < -0.4 is 5.32 Å². The maximum Gasteiger partial charge on any atom is 0.136 e. The fourth-order valence-corrected chi connectivity index (χ4v) is 13.9. The lowest BCUT2D eigenvalue weighted by Gasteiger charge is -2.67. The van der Waals surface area contributed by atoms with Gasteiger partial charge >= 0.3 is 0 Å². The third-order valence-electron chi connectivity index (χ3n) is 16.2. The minimum Gasteiger partial charge on any atom is -0.304 e. The Hall–Kier alpha value is -0.370. The Morgan fingerprint density at radius 1 is 0.447 bits per heavy atom. The molecule has 0 amide bonds. The van der Waals surface area contributed by atoms with E-state index in [2.05, 4.69) is 83.1 Å². The highest BCUT2D eigenvalue weighted by atomic mass is 16.1. The highest BCUT2D eigenvalue weighted by Gasteiger charge is 2.64. The standard InChI is InChI=1S/C45H81NO/c1-27(2)36-17-13-31(9)21-40(36)44(41-22-32(10)14-18-37(41)28(3)4)25-35(47)26-45(46-44,42-23-33(11)15-19-38(42)29(5)6)43-24-34(12)16-20-39(43)30(7)8/h27-34,36-43,46H,13-26H2,1-12H3. The molecule has 2 nitrogen and oxygen atoms in total. The SMILES string of the molecule is CC1CCC(C(C)C)C(C2(C3CC(C)CCC3C(C)C)CC(=O)CC(C3CC(C)CCC3C(C)C)(C3CC(C)CCC3C(C)C)N2)C1. The first-order valence-electron chi connectivity index (χ1n) is 21.4. The van der Waals surface area contributed by atoms with Crippen molar-refractivity contribution in [3.8, 4) is 0 Å². The monoisotopic (exact) mass is 652 g/mol. The number of nitrogens with one attached hydrogen (secondary N) is 1. The average Bonchev–Trinajstić information content (AvgIpc) is 2.99. The van der Waals surface area contributed by atoms with Gasteiger partial charge in [-0.3, -0.25) is 4.79 Å². The summed E-state index contributed by atoms with van der Waals surface area (Å²) in [5.74, 6) is 11.6. The first-order chi connectivity index (χ1) is 22.1. The second-order valence-electron chi connectivity index (χ2n) is 20.8. The minimum atomic E-state index is -0.0764. The van der Waals surface area contributed by atoms with Crippen LogP contribution in [0.2, 0.25) is 0 Å². The molecule has 1 N–H and O–H groups in total. The van der Waals surface area contributed by atoms with Crippen molar-refractivity contribution < 1.29 is 4.79 Å². The first-order valence-corrected chi connectivity index (χ1v) is 21.4. The van der Waals surface area contributed by atoms with Gasteiger partial charge in [0.25, 0.3) is 0 Å². The fourth-order valence-electron chi connectivity index (χ4n) is 13.9. The van der Waals surface area contributed by atoms with Crippen LogP contribution in [-0.4, -0.2) is 16.9 Å². The van der Waals surface area contributed by atoms with E-state index in [0.29, 0.717) is 76.8 Å². The summed E-state index contributed by atoms with van der Waals surface area (Å²) >= 11 is 0. The Kier molecular flexibility index (Phi) is 12.2. The molecule has 5 fully saturated rings. The molecule has 1 saturated heterocycles. The molecule has 0 aromatic heterocycles.